The lowest BCUT2D eigenvalue weighted by atomic mass is 10.2. The van der Waals surface area contributed by atoms with Gasteiger partial charge < -0.3 is 18.4 Å². The van der Waals surface area contributed by atoms with Gasteiger partial charge in [0.15, 0.2) is 0 Å². The van der Waals surface area contributed by atoms with Crippen LogP contribution in [0.1, 0.15) is 48.6 Å². The molecule has 11 nitrogen and oxygen atoms in total. The molecule has 178 valence electrons. The molecule has 3 rings (SSSR count). The summed E-state index contributed by atoms with van der Waals surface area (Å²) >= 11 is 0. The number of carbonyl (C=O) groups excluding carboxylic acids is 1. The summed E-state index contributed by atoms with van der Waals surface area (Å²) in [6.07, 6.45) is 5.02. The number of hydrogen-bond acceptors (Lipinski definition) is 9. The fourth-order valence-corrected chi connectivity index (χ4v) is 4.98. The third-order valence-electron chi connectivity index (χ3n) is 4.84. The number of hydrogen-bond donors (Lipinski definition) is 0. The molecular formula is C21H29N6O5P. The third-order valence-corrected chi connectivity index (χ3v) is 7.01. The molecule has 3 aromatic rings. The smallest absolute Gasteiger partial charge is 0.330 e. The Hall–Kier alpha value is -2.88. The lowest BCUT2D eigenvalue weighted by Gasteiger charge is -2.16. The Morgan fingerprint density at radius 3 is 2.48 bits per heavy atom. The van der Waals surface area contributed by atoms with E-state index in [2.05, 4.69) is 20.5 Å². The Labute approximate surface area is 192 Å². The normalized spacial score (nSPS) is 11.6. The molecule has 2 aromatic heterocycles. The number of aromatic nitrogens is 6. The number of aryl methyl sites for hydroxylation is 1. The van der Waals surface area contributed by atoms with Crippen molar-refractivity contribution in [2.75, 3.05) is 26.5 Å². The molecule has 0 aliphatic carbocycles. The summed E-state index contributed by atoms with van der Waals surface area (Å²) in [6.45, 7) is 5.25. The third kappa shape index (κ3) is 6.80. The molecule has 12 heteroatoms. The van der Waals surface area contributed by atoms with Gasteiger partial charge >= 0.3 is 7.60 Å². The predicted octanol–water partition coefficient (Wildman–Crippen LogP) is 3.20. The SMILES string of the molecule is CCOP(=O)(CCCCn1cnc(C(=O)c2nnnn2Cc2ccc(OC)cc2)c1)OCC. The van der Waals surface area contributed by atoms with Gasteiger partial charge in [0.1, 0.15) is 11.4 Å². The number of tetrazole rings is 1. The van der Waals surface area contributed by atoms with E-state index in [0.29, 0.717) is 38.9 Å². The van der Waals surface area contributed by atoms with E-state index in [4.69, 9.17) is 13.8 Å². The molecule has 1 aromatic carbocycles. The first-order valence-electron chi connectivity index (χ1n) is 10.8. The highest BCUT2D eigenvalue weighted by Gasteiger charge is 2.23. The van der Waals surface area contributed by atoms with E-state index in [0.717, 1.165) is 17.7 Å². The van der Waals surface area contributed by atoms with Crippen molar-refractivity contribution in [2.45, 2.75) is 39.8 Å². The van der Waals surface area contributed by atoms with Crippen LogP contribution in [0.2, 0.25) is 0 Å². The molecule has 2 heterocycles. The van der Waals surface area contributed by atoms with Crippen molar-refractivity contribution in [1.29, 1.82) is 0 Å². The van der Waals surface area contributed by atoms with E-state index in [1.807, 2.05) is 28.8 Å². The van der Waals surface area contributed by atoms with Crippen LogP contribution in [0.5, 0.6) is 5.75 Å². The van der Waals surface area contributed by atoms with Gasteiger partial charge in [-0.3, -0.25) is 9.36 Å². The second-order valence-corrected chi connectivity index (χ2v) is 9.40. The Balaban J connectivity index is 1.57. The maximum absolute atomic E-state index is 12.9. The average molecular weight is 476 g/mol. The molecule has 0 saturated heterocycles. The number of ether oxygens (including phenoxy) is 1. The maximum Gasteiger partial charge on any atom is 0.330 e. The summed E-state index contributed by atoms with van der Waals surface area (Å²) in [4.78, 5) is 17.1. The minimum atomic E-state index is -3.03. The van der Waals surface area contributed by atoms with Crippen molar-refractivity contribution in [1.82, 2.24) is 29.8 Å². The summed E-state index contributed by atoms with van der Waals surface area (Å²) < 4.78 is 31.5. The van der Waals surface area contributed by atoms with E-state index in [1.54, 1.807) is 33.5 Å². The molecule has 0 amide bonds. The molecule has 0 aliphatic heterocycles. The molecule has 0 radical (unpaired) electrons. The number of benzene rings is 1. The fraction of sp³-hybridized carbons (Fsp3) is 0.476. The average Bonchev–Trinajstić information content (AvgIpc) is 3.47. The highest BCUT2D eigenvalue weighted by molar-refractivity contribution is 7.53. The Bertz CT molecular complexity index is 1070. The number of nitrogens with zero attached hydrogens (tertiary/aromatic N) is 6. The molecule has 0 N–H and O–H groups in total. The Morgan fingerprint density at radius 2 is 1.82 bits per heavy atom. The quantitative estimate of drug-likeness (QED) is 0.196. The van der Waals surface area contributed by atoms with Crippen LogP contribution < -0.4 is 4.74 Å². The molecule has 0 spiro atoms. The van der Waals surface area contributed by atoms with E-state index < -0.39 is 7.60 Å². The number of rotatable bonds is 14. The number of imidazole rings is 1. The van der Waals surface area contributed by atoms with Crippen molar-refractivity contribution in [2.24, 2.45) is 0 Å². The van der Waals surface area contributed by atoms with Gasteiger partial charge in [0.25, 0.3) is 5.78 Å². The molecule has 0 unspecified atom stereocenters. The monoisotopic (exact) mass is 476 g/mol. The van der Waals surface area contributed by atoms with Crippen LogP contribution in [0.25, 0.3) is 0 Å². The topological polar surface area (TPSA) is 123 Å². The molecule has 33 heavy (non-hydrogen) atoms. The van der Waals surface area contributed by atoms with Crippen LogP contribution in [-0.4, -0.2) is 62.0 Å². The first-order valence-corrected chi connectivity index (χ1v) is 12.5. The zero-order valence-corrected chi connectivity index (χ0v) is 20.0. The zero-order valence-electron chi connectivity index (χ0n) is 19.1. The minimum Gasteiger partial charge on any atom is -0.497 e. The van der Waals surface area contributed by atoms with Crippen LogP contribution in [0, 0.1) is 0 Å². The largest absolute Gasteiger partial charge is 0.497 e. The second-order valence-electron chi connectivity index (χ2n) is 7.21. The lowest BCUT2D eigenvalue weighted by Crippen LogP contribution is -2.14. The summed E-state index contributed by atoms with van der Waals surface area (Å²) in [7, 11) is -1.43. The summed E-state index contributed by atoms with van der Waals surface area (Å²) in [5.74, 6) is 0.505. The number of carbonyl (C=O) groups is 1. The molecule has 0 aliphatic rings. The fourth-order valence-electron chi connectivity index (χ4n) is 3.25. The zero-order chi connectivity index (χ0) is 23.7. The predicted molar refractivity (Wildman–Crippen MR) is 121 cm³/mol. The molecule has 0 saturated carbocycles. The van der Waals surface area contributed by atoms with E-state index >= 15 is 0 Å². The van der Waals surface area contributed by atoms with Gasteiger partial charge in [-0.2, -0.15) is 0 Å². The van der Waals surface area contributed by atoms with Crippen LogP contribution in [0.4, 0.5) is 0 Å². The van der Waals surface area contributed by atoms with Crippen molar-refractivity contribution < 1.29 is 23.1 Å². The van der Waals surface area contributed by atoms with E-state index in [-0.39, 0.29) is 17.3 Å². The van der Waals surface area contributed by atoms with Gasteiger partial charge in [-0.1, -0.05) is 12.1 Å². The highest BCUT2D eigenvalue weighted by Crippen LogP contribution is 2.48. The maximum atomic E-state index is 12.9. The summed E-state index contributed by atoms with van der Waals surface area (Å²) in [5.41, 5.74) is 1.19. The first kappa shape index (κ1) is 24.8. The minimum absolute atomic E-state index is 0.116. The Kier molecular flexibility index (Phi) is 8.87. The highest BCUT2D eigenvalue weighted by atomic mass is 31.2. The van der Waals surface area contributed by atoms with Crippen LogP contribution >= 0.6 is 7.60 Å². The first-order chi connectivity index (χ1) is 16.0. The summed E-state index contributed by atoms with van der Waals surface area (Å²) in [6, 6.07) is 7.45. The van der Waals surface area contributed by atoms with Gasteiger partial charge in [0, 0.05) is 12.7 Å². The van der Waals surface area contributed by atoms with Crippen LogP contribution in [0.15, 0.2) is 36.8 Å². The van der Waals surface area contributed by atoms with E-state index in [1.165, 1.54) is 4.68 Å². The number of ketones is 1. The molecule has 0 bridgehead atoms. The van der Waals surface area contributed by atoms with Gasteiger partial charge in [-0.05, 0) is 54.8 Å². The Morgan fingerprint density at radius 1 is 1.09 bits per heavy atom. The van der Waals surface area contributed by atoms with Crippen LogP contribution in [-0.2, 0) is 26.7 Å². The number of unbranched alkanes of at least 4 members (excludes halogenated alkanes) is 1. The molecule has 0 atom stereocenters. The van der Waals surface area contributed by atoms with Crippen molar-refractivity contribution >= 4 is 13.4 Å². The van der Waals surface area contributed by atoms with Gasteiger partial charge in [0.05, 0.1) is 39.4 Å². The number of methoxy groups -OCH3 is 1. The summed E-state index contributed by atoms with van der Waals surface area (Å²) in [5, 5.41) is 11.5. The van der Waals surface area contributed by atoms with Crippen molar-refractivity contribution in [3.63, 3.8) is 0 Å². The van der Waals surface area contributed by atoms with Crippen molar-refractivity contribution in [3.05, 3.63) is 53.9 Å². The molecule has 0 fully saturated rings. The van der Waals surface area contributed by atoms with Gasteiger partial charge in [0.2, 0.25) is 5.82 Å². The standard InChI is InChI=1S/C21H29N6O5P/c1-4-31-33(29,32-5-2)13-7-6-12-26-15-19(22-16-26)20(28)21-23-24-25-27(21)14-17-8-10-18(30-3)11-9-17/h8-11,15-16H,4-7,12-14H2,1-3H3. The van der Waals surface area contributed by atoms with Crippen LogP contribution in [0.3, 0.4) is 0 Å². The second kappa shape index (κ2) is 11.8. The lowest BCUT2D eigenvalue weighted by molar-refractivity contribution is 0.102. The van der Waals surface area contributed by atoms with Gasteiger partial charge in [-0.15, -0.1) is 5.10 Å². The van der Waals surface area contributed by atoms with Gasteiger partial charge in [-0.25, -0.2) is 9.67 Å². The van der Waals surface area contributed by atoms with Crippen molar-refractivity contribution in [3.8, 4) is 5.75 Å². The molecular weight excluding hydrogens is 447 g/mol. The van der Waals surface area contributed by atoms with E-state index in [9.17, 15) is 9.36 Å².